The number of hydrogen-bond donors (Lipinski definition) is 1. The molecule has 1 atom stereocenters. The fraction of sp³-hybridized carbons (Fsp3) is 0.500. The van der Waals surface area contributed by atoms with Crippen LogP contribution in [0.25, 0.3) is 10.8 Å². The first-order valence-electron chi connectivity index (χ1n) is 11.2. The quantitative estimate of drug-likeness (QED) is 0.668. The number of fused-ring (bicyclic) bond motifs is 1. The maximum absolute atomic E-state index is 12.5. The van der Waals surface area contributed by atoms with Gasteiger partial charge in [0.05, 0.1) is 18.3 Å². The molecule has 0 aliphatic carbocycles. The van der Waals surface area contributed by atoms with Crippen molar-refractivity contribution in [1.82, 2.24) is 4.98 Å². The lowest BCUT2D eigenvalue weighted by molar-refractivity contribution is 0.00578. The van der Waals surface area contributed by atoms with Crippen LogP contribution in [0.15, 0.2) is 36.4 Å². The van der Waals surface area contributed by atoms with Gasteiger partial charge in [-0.15, -0.1) is 0 Å². The van der Waals surface area contributed by atoms with Crippen LogP contribution in [0.5, 0.6) is 0 Å². The van der Waals surface area contributed by atoms with Crippen molar-refractivity contribution in [1.29, 1.82) is 0 Å². The van der Waals surface area contributed by atoms with Crippen LogP contribution in [0.2, 0.25) is 0 Å². The Balaban J connectivity index is 1.93. The lowest BCUT2D eigenvalue weighted by Gasteiger charge is -2.32. The minimum atomic E-state index is -2.54. The van der Waals surface area contributed by atoms with Crippen molar-refractivity contribution in [3.8, 4) is 0 Å². The van der Waals surface area contributed by atoms with E-state index in [1.807, 2.05) is 64.1 Å². The van der Waals surface area contributed by atoms with E-state index in [0.717, 1.165) is 21.8 Å². The van der Waals surface area contributed by atoms with Crippen molar-refractivity contribution in [2.75, 3.05) is 7.11 Å². The molecule has 178 valence electrons. The predicted octanol–water partition coefficient (Wildman–Crippen LogP) is 3.82. The third-order valence-corrected chi connectivity index (χ3v) is 8.39. The second-order valence-electron chi connectivity index (χ2n) is 10.4. The van der Waals surface area contributed by atoms with Crippen molar-refractivity contribution < 1.29 is 28.4 Å². The molecule has 9 heteroatoms. The highest BCUT2D eigenvalue weighted by molar-refractivity contribution is 6.87. The highest BCUT2D eigenvalue weighted by Crippen LogP contribution is 2.37. The van der Waals surface area contributed by atoms with Gasteiger partial charge < -0.3 is 23.8 Å². The molecular weight excluding hydrogens is 437 g/mol. The molecule has 1 N–H and O–H groups in total. The van der Waals surface area contributed by atoms with Gasteiger partial charge in [-0.1, -0.05) is 36.4 Å². The number of benzene rings is 2. The molecule has 0 radical (unpaired) electrons. The Bertz CT molecular complexity index is 1030. The molecule has 0 spiro atoms. The third-order valence-electron chi connectivity index (χ3n) is 6.15. The lowest BCUT2D eigenvalue weighted by Crippen LogP contribution is -2.49. The molecule has 1 fully saturated rings. The summed E-state index contributed by atoms with van der Waals surface area (Å²) in [5, 5.41) is 1.97. The van der Waals surface area contributed by atoms with E-state index in [-0.39, 0.29) is 0 Å². The Morgan fingerprint density at radius 1 is 1.00 bits per heavy atom. The Morgan fingerprint density at radius 3 is 2.15 bits per heavy atom. The molecule has 1 aliphatic heterocycles. The molecule has 0 unspecified atom stereocenters. The maximum atomic E-state index is 12.5. The summed E-state index contributed by atoms with van der Waals surface area (Å²) >= 11 is 0. The summed E-state index contributed by atoms with van der Waals surface area (Å²) in [5.74, 6) is 0. The van der Waals surface area contributed by atoms with Crippen molar-refractivity contribution in [3.63, 3.8) is 0 Å². The van der Waals surface area contributed by atoms with Gasteiger partial charge in [0, 0.05) is 0 Å². The molecule has 0 aromatic heterocycles. The summed E-state index contributed by atoms with van der Waals surface area (Å²) in [6.07, 6.45) is -0.609. The van der Waals surface area contributed by atoms with Gasteiger partial charge >= 0.3 is 13.2 Å². The van der Waals surface area contributed by atoms with E-state index < -0.39 is 44.6 Å². The van der Waals surface area contributed by atoms with Crippen molar-refractivity contribution in [3.05, 3.63) is 42.0 Å². The number of rotatable bonds is 5. The van der Waals surface area contributed by atoms with Crippen molar-refractivity contribution in [2.24, 2.45) is 0 Å². The normalized spacial score (nSPS) is 18.1. The molecule has 1 amide bonds. The van der Waals surface area contributed by atoms with Gasteiger partial charge in [-0.3, -0.25) is 4.79 Å². The predicted molar refractivity (Wildman–Crippen MR) is 132 cm³/mol. The molecule has 33 heavy (non-hydrogen) atoms. The van der Waals surface area contributed by atoms with Crippen LogP contribution in [0, 0.1) is 0 Å². The molecule has 2 aromatic carbocycles. The topological polar surface area (TPSA) is 83.1 Å². The second kappa shape index (κ2) is 9.12. The highest BCUT2D eigenvalue weighted by Gasteiger charge is 2.52. The number of carbonyl (C=O) groups excluding carboxylic acids is 2. The van der Waals surface area contributed by atoms with Gasteiger partial charge in [-0.25, -0.2) is 4.79 Å². The molecule has 1 saturated heterocycles. The van der Waals surface area contributed by atoms with Crippen LogP contribution < -0.4 is 10.4 Å². The first-order chi connectivity index (χ1) is 15.2. The van der Waals surface area contributed by atoms with E-state index in [4.69, 9.17) is 18.8 Å². The largest absolute Gasteiger partial charge is 0.495 e. The summed E-state index contributed by atoms with van der Waals surface area (Å²) < 4.78 is 22.9. The average Bonchev–Trinajstić information content (AvgIpc) is 2.92. The zero-order chi connectivity index (χ0) is 24.6. The van der Waals surface area contributed by atoms with Crippen molar-refractivity contribution in [2.45, 2.75) is 71.3 Å². The minimum absolute atomic E-state index is 0.385. The molecular formula is C24H34BNO6Si. The first kappa shape index (κ1) is 25.3. The Morgan fingerprint density at radius 2 is 1.58 bits per heavy atom. The first-order valence-corrected chi connectivity index (χ1v) is 13.1. The minimum Gasteiger partial charge on any atom is -0.472 e. The molecule has 1 aliphatic rings. The molecule has 3 rings (SSSR count). The highest BCUT2D eigenvalue weighted by atomic mass is 28.3. The third kappa shape index (κ3) is 5.59. The van der Waals surface area contributed by atoms with Crippen LogP contribution in [-0.4, -0.2) is 51.7 Å². The summed E-state index contributed by atoms with van der Waals surface area (Å²) in [6, 6.07) is 12.3. The van der Waals surface area contributed by atoms with E-state index in [0.29, 0.717) is 6.04 Å². The number of amides is 1. The van der Waals surface area contributed by atoms with Crippen LogP contribution in [-0.2, 0) is 24.8 Å². The standard InChI is InChI=1S/C24H34BNO6Si/c1-22(2,3)30-20(27)26-33(21(28)29-8)15-16-11-9-13-18-17(16)12-10-14-19(18)25-31-23(4,5)24(6,7)32-25/h9-14,33H,15H2,1-8H3,(H,26,27)/t33-/m0/s1. The van der Waals surface area contributed by atoms with Gasteiger partial charge in [-0.05, 0) is 76.3 Å². The van der Waals surface area contributed by atoms with Crippen molar-refractivity contribution >= 4 is 44.0 Å². The Kier molecular flexibility index (Phi) is 6.98. The van der Waals surface area contributed by atoms with E-state index in [1.165, 1.54) is 7.11 Å². The van der Waals surface area contributed by atoms with Crippen LogP contribution in [0.1, 0.15) is 54.0 Å². The molecule has 7 nitrogen and oxygen atoms in total. The maximum Gasteiger partial charge on any atom is 0.495 e. The molecule has 1 heterocycles. The van der Waals surface area contributed by atoms with E-state index in [2.05, 4.69) is 4.98 Å². The summed E-state index contributed by atoms with van der Waals surface area (Å²) in [5.41, 5.74) is -0.0700. The van der Waals surface area contributed by atoms with Gasteiger partial charge in [0.2, 0.25) is 0 Å². The van der Waals surface area contributed by atoms with E-state index in [9.17, 15) is 9.59 Å². The summed E-state index contributed by atoms with van der Waals surface area (Å²) in [7, 11) is -1.71. The Labute approximate surface area is 197 Å². The van der Waals surface area contributed by atoms with Gasteiger partial charge in [0.1, 0.15) is 5.60 Å². The number of ether oxygens (including phenoxy) is 2. The van der Waals surface area contributed by atoms with Gasteiger partial charge in [0.15, 0.2) is 0 Å². The smallest absolute Gasteiger partial charge is 0.472 e. The fourth-order valence-electron chi connectivity index (χ4n) is 3.76. The van der Waals surface area contributed by atoms with Gasteiger partial charge in [0.25, 0.3) is 14.6 Å². The average molecular weight is 471 g/mol. The summed E-state index contributed by atoms with van der Waals surface area (Å²) in [4.78, 5) is 27.6. The SMILES string of the molecule is COC(=O)[Si@H](Cc1cccc2c(B3OC(C)(C)C(C)(C)O3)cccc12)NC(=O)OC(C)(C)C. The number of methoxy groups -OCH3 is 1. The van der Waals surface area contributed by atoms with Crippen LogP contribution >= 0.6 is 0 Å². The molecule has 0 saturated carbocycles. The number of carbonyl (C=O) groups is 2. The zero-order valence-corrected chi connectivity index (χ0v) is 21.9. The van der Waals surface area contributed by atoms with E-state index in [1.54, 1.807) is 20.8 Å². The Hall–Kier alpha value is -2.36. The fourth-order valence-corrected chi connectivity index (χ4v) is 5.57. The zero-order valence-electron chi connectivity index (χ0n) is 20.8. The summed E-state index contributed by atoms with van der Waals surface area (Å²) in [6.45, 7) is 13.4. The second-order valence-corrected chi connectivity index (χ2v) is 12.6. The van der Waals surface area contributed by atoms with E-state index >= 15 is 0 Å². The monoisotopic (exact) mass is 471 g/mol. The molecule has 0 bridgehead atoms. The van der Waals surface area contributed by atoms with Gasteiger partial charge in [-0.2, -0.15) is 0 Å². The lowest BCUT2D eigenvalue weighted by atomic mass is 9.76. The van der Waals surface area contributed by atoms with Crippen LogP contribution in [0.3, 0.4) is 0 Å². The number of nitrogens with one attached hydrogen (secondary N) is 1. The molecule has 2 aromatic rings. The van der Waals surface area contributed by atoms with Crippen LogP contribution in [0.4, 0.5) is 9.59 Å². The number of hydrogen-bond acceptors (Lipinski definition) is 6.